The van der Waals surface area contributed by atoms with Gasteiger partial charge in [0.15, 0.2) is 5.41 Å². The smallest absolute Gasteiger partial charge is 0.323 e. The van der Waals surface area contributed by atoms with Crippen LogP contribution in [0.1, 0.15) is 33.0 Å². The first-order valence-electron chi connectivity index (χ1n) is 6.71. The molecule has 1 rings (SSSR count). The molecule has 0 atom stereocenters. The molecule has 20 heavy (non-hydrogen) atoms. The van der Waals surface area contributed by atoms with Gasteiger partial charge in [-0.25, -0.2) is 9.97 Å². The largest absolute Gasteiger partial charge is 0.465 e. The molecule has 0 spiro atoms. The molecule has 0 bridgehead atoms. The molecule has 0 aliphatic carbocycles. The highest BCUT2D eigenvalue weighted by atomic mass is 16.6. The lowest BCUT2D eigenvalue weighted by Gasteiger charge is -2.27. The van der Waals surface area contributed by atoms with E-state index in [1.165, 1.54) is 0 Å². The first kappa shape index (κ1) is 16.1. The van der Waals surface area contributed by atoms with Crippen molar-refractivity contribution in [3.05, 3.63) is 24.3 Å². The second-order valence-corrected chi connectivity index (χ2v) is 4.22. The van der Waals surface area contributed by atoms with Crippen molar-refractivity contribution in [2.45, 2.75) is 33.6 Å². The molecule has 0 aliphatic heterocycles. The first-order valence-corrected chi connectivity index (χ1v) is 6.71. The van der Waals surface area contributed by atoms with Crippen LogP contribution in [-0.4, -0.2) is 35.1 Å². The van der Waals surface area contributed by atoms with Gasteiger partial charge >= 0.3 is 11.9 Å². The summed E-state index contributed by atoms with van der Waals surface area (Å²) in [7, 11) is 0. The van der Waals surface area contributed by atoms with Gasteiger partial charge in [-0.2, -0.15) is 0 Å². The van der Waals surface area contributed by atoms with Gasteiger partial charge in [-0.05, 0) is 26.3 Å². The molecule has 0 amide bonds. The Morgan fingerprint density at radius 1 is 1.05 bits per heavy atom. The Labute approximate surface area is 118 Å². The van der Waals surface area contributed by atoms with Gasteiger partial charge in [0.05, 0.1) is 13.2 Å². The molecular weight excluding hydrogens is 260 g/mol. The normalized spacial score (nSPS) is 10.9. The van der Waals surface area contributed by atoms with Crippen molar-refractivity contribution in [1.29, 1.82) is 0 Å². The molecule has 1 heterocycles. The molecule has 1 aromatic rings. The summed E-state index contributed by atoms with van der Waals surface area (Å²) in [6, 6.07) is 1.67. The monoisotopic (exact) mass is 280 g/mol. The zero-order chi connectivity index (χ0) is 15.0. The lowest BCUT2D eigenvalue weighted by molar-refractivity contribution is -0.172. The van der Waals surface area contributed by atoms with Gasteiger partial charge in [-0.3, -0.25) is 9.59 Å². The Bertz CT molecular complexity index is 430. The van der Waals surface area contributed by atoms with E-state index in [1.54, 1.807) is 39.2 Å². The van der Waals surface area contributed by atoms with Crippen LogP contribution in [0.3, 0.4) is 0 Å². The maximum absolute atomic E-state index is 12.2. The van der Waals surface area contributed by atoms with Crippen LogP contribution in [0.4, 0.5) is 0 Å². The molecular formula is C14H20N2O4. The highest BCUT2D eigenvalue weighted by Crippen LogP contribution is 2.30. The number of nitrogens with zero attached hydrogens (tertiary/aromatic N) is 2. The number of aromatic nitrogens is 2. The highest BCUT2D eigenvalue weighted by molar-refractivity contribution is 6.00. The second-order valence-electron chi connectivity index (χ2n) is 4.22. The third kappa shape index (κ3) is 3.53. The Morgan fingerprint density at radius 2 is 1.55 bits per heavy atom. The predicted octanol–water partition coefficient (Wildman–Crippen LogP) is 1.54. The van der Waals surface area contributed by atoms with Crippen molar-refractivity contribution in [2.24, 2.45) is 5.41 Å². The Kier molecular flexibility index (Phi) is 6.09. The SMILES string of the molecule is CCOC(=O)C(CC)(Cc1ncccn1)C(=O)OCC. The zero-order valence-electron chi connectivity index (χ0n) is 12.1. The Balaban J connectivity index is 3.10. The number of esters is 2. The van der Waals surface area contributed by atoms with Crippen LogP contribution < -0.4 is 0 Å². The molecule has 0 unspecified atom stereocenters. The highest BCUT2D eigenvalue weighted by Gasteiger charge is 2.48. The van der Waals surface area contributed by atoms with Crippen molar-refractivity contribution in [3.8, 4) is 0 Å². The van der Waals surface area contributed by atoms with Crippen molar-refractivity contribution < 1.29 is 19.1 Å². The van der Waals surface area contributed by atoms with Crippen LogP contribution >= 0.6 is 0 Å². The fourth-order valence-corrected chi connectivity index (χ4v) is 1.87. The van der Waals surface area contributed by atoms with Crippen LogP contribution in [0.2, 0.25) is 0 Å². The van der Waals surface area contributed by atoms with Crippen molar-refractivity contribution >= 4 is 11.9 Å². The van der Waals surface area contributed by atoms with Crippen molar-refractivity contribution in [2.75, 3.05) is 13.2 Å². The summed E-state index contributed by atoms with van der Waals surface area (Å²) < 4.78 is 10.1. The average molecular weight is 280 g/mol. The summed E-state index contributed by atoms with van der Waals surface area (Å²) in [5.74, 6) is -0.766. The van der Waals surface area contributed by atoms with E-state index in [-0.39, 0.29) is 26.1 Å². The van der Waals surface area contributed by atoms with Crippen molar-refractivity contribution in [1.82, 2.24) is 9.97 Å². The molecule has 0 saturated heterocycles. The molecule has 6 nitrogen and oxygen atoms in total. The topological polar surface area (TPSA) is 78.4 Å². The van der Waals surface area contributed by atoms with E-state index in [4.69, 9.17) is 9.47 Å². The fourth-order valence-electron chi connectivity index (χ4n) is 1.87. The zero-order valence-corrected chi connectivity index (χ0v) is 12.1. The van der Waals surface area contributed by atoms with E-state index in [0.717, 1.165) is 0 Å². The maximum atomic E-state index is 12.2. The first-order chi connectivity index (χ1) is 9.60. The number of hydrogen-bond donors (Lipinski definition) is 0. The van der Waals surface area contributed by atoms with E-state index < -0.39 is 17.4 Å². The summed E-state index contributed by atoms with van der Waals surface area (Å²) in [6.45, 7) is 5.55. The maximum Gasteiger partial charge on any atom is 0.323 e. The Hall–Kier alpha value is -1.98. The molecule has 6 heteroatoms. The average Bonchev–Trinajstić information content (AvgIpc) is 2.46. The van der Waals surface area contributed by atoms with Crippen LogP contribution in [0.15, 0.2) is 18.5 Å². The van der Waals surface area contributed by atoms with Gasteiger partial charge in [0.25, 0.3) is 0 Å². The number of ether oxygens (including phenoxy) is 2. The summed E-state index contributed by atoms with van der Waals surface area (Å²) >= 11 is 0. The van der Waals surface area contributed by atoms with Gasteiger partial charge in [0.1, 0.15) is 5.82 Å². The summed E-state index contributed by atoms with van der Waals surface area (Å²) in [5, 5.41) is 0. The van der Waals surface area contributed by atoms with E-state index in [0.29, 0.717) is 5.82 Å². The molecule has 0 saturated carbocycles. The number of carbonyl (C=O) groups excluding carboxylic acids is 2. The van der Waals surface area contributed by atoms with Gasteiger partial charge in [-0.1, -0.05) is 6.92 Å². The Morgan fingerprint density at radius 3 is 1.95 bits per heavy atom. The number of carbonyl (C=O) groups is 2. The van der Waals surface area contributed by atoms with E-state index in [1.807, 2.05) is 0 Å². The van der Waals surface area contributed by atoms with E-state index in [2.05, 4.69) is 9.97 Å². The predicted molar refractivity (Wildman–Crippen MR) is 71.7 cm³/mol. The lowest BCUT2D eigenvalue weighted by Crippen LogP contribution is -2.44. The van der Waals surface area contributed by atoms with Gasteiger partial charge < -0.3 is 9.47 Å². The second kappa shape index (κ2) is 7.57. The van der Waals surface area contributed by atoms with Gasteiger partial charge in [0.2, 0.25) is 0 Å². The standard InChI is InChI=1S/C14H20N2O4/c1-4-14(12(17)19-5-2,13(18)20-6-3)10-11-15-8-7-9-16-11/h7-9H,4-6,10H2,1-3H3. The minimum atomic E-state index is -1.38. The van der Waals surface area contributed by atoms with Crippen LogP contribution in [0, 0.1) is 5.41 Å². The summed E-state index contributed by atoms with van der Waals surface area (Å²) in [5.41, 5.74) is -1.38. The molecule has 0 radical (unpaired) electrons. The molecule has 110 valence electrons. The fraction of sp³-hybridized carbons (Fsp3) is 0.571. The minimum Gasteiger partial charge on any atom is -0.465 e. The number of hydrogen-bond acceptors (Lipinski definition) is 6. The third-order valence-electron chi connectivity index (χ3n) is 3.02. The molecule has 0 aliphatic rings. The van der Waals surface area contributed by atoms with Crippen LogP contribution in [0.25, 0.3) is 0 Å². The summed E-state index contributed by atoms with van der Waals surface area (Å²) in [6.07, 6.45) is 3.48. The minimum absolute atomic E-state index is 0.0714. The lowest BCUT2D eigenvalue weighted by atomic mass is 9.81. The van der Waals surface area contributed by atoms with E-state index >= 15 is 0 Å². The molecule has 0 N–H and O–H groups in total. The molecule has 0 fully saturated rings. The van der Waals surface area contributed by atoms with Gasteiger partial charge in [-0.15, -0.1) is 0 Å². The van der Waals surface area contributed by atoms with Crippen molar-refractivity contribution in [3.63, 3.8) is 0 Å². The summed E-state index contributed by atoms with van der Waals surface area (Å²) in [4.78, 5) is 32.6. The quantitative estimate of drug-likeness (QED) is 0.557. The molecule has 1 aromatic heterocycles. The van der Waals surface area contributed by atoms with E-state index in [9.17, 15) is 9.59 Å². The van der Waals surface area contributed by atoms with Crippen LogP contribution in [0.5, 0.6) is 0 Å². The molecule has 0 aromatic carbocycles. The third-order valence-corrected chi connectivity index (χ3v) is 3.02. The van der Waals surface area contributed by atoms with Crippen LogP contribution in [-0.2, 0) is 25.5 Å². The number of rotatable bonds is 7. The van der Waals surface area contributed by atoms with Gasteiger partial charge in [0, 0.05) is 18.8 Å².